The molecule has 19 heavy (non-hydrogen) atoms. The second-order valence-corrected chi connectivity index (χ2v) is 5.65. The summed E-state index contributed by atoms with van der Waals surface area (Å²) in [5, 5.41) is 0. The summed E-state index contributed by atoms with van der Waals surface area (Å²) >= 11 is 0. The third kappa shape index (κ3) is 5.32. The first-order chi connectivity index (χ1) is 9.15. The number of pyridine rings is 1. The van der Waals surface area contributed by atoms with E-state index in [0.717, 1.165) is 17.7 Å². The molecule has 0 saturated heterocycles. The third-order valence-electron chi connectivity index (χ3n) is 4.04. The number of aromatic nitrogens is 1. The van der Waals surface area contributed by atoms with Crippen LogP contribution < -0.4 is 0 Å². The van der Waals surface area contributed by atoms with E-state index in [1.54, 1.807) is 0 Å². The summed E-state index contributed by atoms with van der Waals surface area (Å²) in [6.07, 6.45) is 8.72. The first-order valence-corrected chi connectivity index (χ1v) is 7.73. The molecule has 0 amide bonds. The van der Waals surface area contributed by atoms with Crippen LogP contribution in [0.25, 0.3) is 0 Å². The zero-order valence-electron chi connectivity index (χ0n) is 13.3. The molecule has 0 spiro atoms. The van der Waals surface area contributed by atoms with Gasteiger partial charge in [0.25, 0.3) is 0 Å². The van der Waals surface area contributed by atoms with Crippen molar-refractivity contribution in [3.05, 3.63) is 29.6 Å². The summed E-state index contributed by atoms with van der Waals surface area (Å²) in [5.41, 5.74) is 2.52. The smallest absolute Gasteiger partial charge is 0.0372 e. The van der Waals surface area contributed by atoms with Crippen LogP contribution in [0.3, 0.4) is 0 Å². The lowest BCUT2D eigenvalue weighted by Crippen LogP contribution is -2.32. The van der Waals surface area contributed by atoms with Gasteiger partial charge in [-0.3, -0.25) is 4.98 Å². The van der Waals surface area contributed by atoms with Gasteiger partial charge >= 0.3 is 0 Å². The first-order valence-electron chi connectivity index (χ1n) is 7.73. The largest absolute Gasteiger partial charge is 0.306 e. The Labute approximate surface area is 119 Å². The van der Waals surface area contributed by atoms with E-state index in [-0.39, 0.29) is 0 Å². The van der Waals surface area contributed by atoms with Crippen LogP contribution in [-0.4, -0.2) is 30.0 Å². The van der Waals surface area contributed by atoms with Gasteiger partial charge in [0.15, 0.2) is 0 Å². The normalized spacial score (nSPS) is 22.8. The van der Waals surface area contributed by atoms with Crippen LogP contribution in [0.5, 0.6) is 0 Å². The highest BCUT2D eigenvalue weighted by atomic mass is 15.1. The minimum atomic E-state index is 0.808. The van der Waals surface area contributed by atoms with E-state index in [1.807, 2.05) is 27.0 Å². The van der Waals surface area contributed by atoms with E-state index < -0.39 is 0 Å². The molecular formula is C17H30N2. The molecule has 0 aliphatic heterocycles. The maximum absolute atomic E-state index is 4.38. The van der Waals surface area contributed by atoms with Crippen molar-refractivity contribution < 1.29 is 0 Å². The van der Waals surface area contributed by atoms with Crippen molar-refractivity contribution in [3.8, 4) is 0 Å². The lowest BCUT2D eigenvalue weighted by Gasteiger charge is -2.32. The van der Waals surface area contributed by atoms with Gasteiger partial charge in [0, 0.05) is 17.9 Å². The van der Waals surface area contributed by atoms with Crippen LogP contribution >= 0.6 is 0 Å². The summed E-state index contributed by atoms with van der Waals surface area (Å²) in [6.45, 7) is 6.05. The molecule has 1 aliphatic carbocycles. The summed E-state index contributed by atoms with van der Waals surface area (Å²) < 4.78 is 0. The monoisotopic (exact) mass is 262 g/mol. The van der Waals surface area contributed by atoms with Crippen LogP contribution in [0, 0.1) is 12.8 Å². The van der Waals surface area contributed by atoms with Gasteiger partial charge < -0.3 is 4.90 Å². The molecule has 2 rings (SSSR count). The maximum Gasteiger partial charge on any atom is 0.0372 e. The Kier molecular flexibility index (Phi) is 7.07. The Balaban J connectivity index is 0.000000861. The van der Waals surface area contributed by atoms with Crippen LogP contribution in [0.15, 0.2) is 18.3 Å². The molecule has 1 saturated carbocycles. The molecule has 0 radical (unpaired) electrons. The molecule has 0 atom stereocenters. The predicted molar refractivity (Wildman–Crippen MR) is 83.5 cm³/mol. The Morgan fingerprint density at radius 1 is 1.11 bits per heavy atom. The zero-order valence-corrected chi connectivity index (χ0v) is 13.3. The molecule has 1 fully saturated rings. The van der Waals surface area contributed by atoms with Crippen LogP contribution in [0.1, 0.15) is 50.8 Å². The van der Waals surface area contributed by atoms with Crippen molar-refractivity contribution in [1.82, 2.24) is 9.88 Å². The molecule has 0 bridgehead atoms. The maximum atomic E-state index is 4.38. The molecule has 2 nitrogen and oxygen atoms in total. The molecule has 1 aromatic heterocycles. The molecular weight excluding hydrogens is 232 g/mol. The van der Waals surface area contributed by atoms with Crippen molar-refractivity contribution in [2.75, 3.05) is 14.1 Å². The van der Waals surface area contributed by atoms with Gasteiger partial charge in [-0.15, -0.1) is 0 Å². The Bertz CT molecular complexity index is 335. The average molecular weight is 262 g/mol. The highest BCUT2D eigenvalue weighted by molar-refractivity contribution is 5.13. The Morgan fingerprint density at radius 2 is 1.74 bits per heavy atom. The first kappa shape index (κ1) is 16.2. The second-order valence-electron chi connectivity index (χ2n) is 5.65. The van der Waals surface area contributed by atoms with Gasteiger partial charge in [0.1, 0.15) is 0 Å². The topological polar surface area (TPSA) is 16.1 Å². The van der Waals surface area contributed by atoms with Crippen molar-refractivity contribution in [2.24, 2.45) is 5.92 Å². The third-order valence-corrected chi connectivity index (χ3v) is 4.04. The summed E-state index contributed by atoms with van der Waals surface area (Å²) in [5.74, 6) is 0.871. The highest BCUT2D eigenvalue weighted by Crippen LogP contribution is 2.28. The van der Waals surface area contributed by atoms with Gasteiger partial charge in [0.05, 0.1) is 0 Å². The van der Waals surface area contributed by atoms with Gasteiger partial charge in [-0.1, -0.05) is 19.9 Å². The van der Waals surface area contributed by atoms with E-state index in [0.29, 0.717) is 0 Å². The molecule has 0 aromatic carbocycles. The van der Waals surface area contributed by atoms with Crippen molar-refractivity contribution in [1.29, 1.82) is 0 Å². The lowest BCUT2D eigenvalue weighted by atomic mass is 9.82. The molecule has 1 aliphatic rings. The van der Waals surface area contributed by atoms with Crippen molar-refractivity contribution >= 4 is 0 Å². The molecule has 1 aromatic rings. The fraction of sp³-hybridized carbons (Fsp3) is 0.706. The summed E-state index contributed by atoms with van der Waals surface area (Å²) in [6, 6.07) is 5.17. The van der Waals surface area contributed by atoms with Crippen LogP contribution in [-0.2, 0) is 6.42 Å². The summed E-state index contributed by atoms with van der Waals surface area (Å²) in [7, 11) is 4.41. The quantitative estimate of drug-likeness (QED) is 0.816. The molecule has 0 unspecified atom stereocenters. The zero-order chi connectivity index (χ0) is 14.3. The number of rotatable bonds is 3. The number of hydrogen-bond acceptors (Lipinski definition) is 2. The van der Waals surface area contributed by atoms with E-state index >= 15 is 0 Å². The molecule has 1 heterocycles. The van der Waals surface area contributed by atoms with Crippen molar-refractivity contribution in [3.63, 3.8) is 0 Å². The minimum absolute atomic E-state index is 0.808. The fourth-order valence-corrected chi connectivity index (χ4v) is 2.82. The average Bonchev–Trinajstić information content (AvgIpc) is 2.44. The van der Waals surface area contributed by atoms with E-state index in [2.05, 4.69) is 36.1 Å². The van der Waals surface area contributed by atoms with Gasteiger partial charge in [0.2, 0.25) is 0 Å². The van der Waals surface area contributed by atoms with Gasteiger partial charge in [-0.25, -0.2) is 0 Å². The standard InChI is InChI=1S/C15H24N2.C2H6/c1-12-4-5-14(11-16-12)10-13-6-8-15(9-7-13)17(2)3;1-2/h4-5,11,13,15H,6-10H2,1-3H3;1-2H3. The summed E-state index contributed by atoms with van der Waals surface area (Å²) in [4.78, 5) is 6.76. The number of aryl methyl sites for hydroxylation is 1. The van der Waals surface area contributed by atoms with Crippen molar-refractivity contribution in [2.45, 2.75) is 58.9 Å². The minimum Gasteiger partial charge on any atom is -0.306 e. The second kappa shape index (κ2) is 8.31. The van der Waals surface area contributed by atoms with Crippen LogP contribution in [0.2, 0.25) is 0 Å². The highest BCUT2D eigenvalue weighted by Gasteiger charge is 2.22. The molecule has 0 N–H and O–H groups in total. The number of nitrogens with zero attached hydrogens (tertiary/aromatic N) is 2. The predicted octanol–water partition coefficient (Wildman–Crippen LogP) is 4.08. The van der Waals surface area contributed by atoms with E-state index in [1.165, 1.54) is 37.7 Å². The molecule has 2 heteroatoms. The van der Waals surface area contributed by atoms with Crippen LogP contribution in [0.4, 0.5) is 0 Å². The lowest BCUT2D eigenvalue weighted by molar-refractivity contribution is 0.193. The SMILES string of the molecule is CC.Cc1ccc(CC2CCC(N(C)C)CC2)cn1. The van der Waals surface area contributed by atoms with E-state index in [9.17, 15) is 0 Å². The fourth-order valence-electron chi connectivity index (χ4n) is 2.82. The van der Waals surface area contributed by atoms with Gasteiger partial charge in [-0.05, 0) is 70.7 Å². The Hall–Kier alpha value is -0.890. The van der Waals surface area contributed by atoms with Gasteiger partial charge in [-0.2, -0.15) is 0 Å². The Morgan fingerprint density at radius 3 is 2.21 bits per heavy atom. The number of hydrogen-bond donors (Lipinski definition) is 0. The van der Waals surface area contributed by atoms with E-state index in [4.69, 9.17) is 0 Å². The molecule has 108 valence electrons.